The number of ether oxygens (including phenoxy) is 2. The lowest BCUT2D eigenvalue weighted by Gasteiger charge is -2.41. The first kappa shape index (κ1) is 23.7. The Bertz CT molecular complexity index is 1020. The summed E-state index contributed by atoms with van der Waals surface area (Å²) in [5, 5.41) is 11.4. The van der Waals surface area contributed by atoms with Crippen LogP contribution in [0, 0.1) is 0 Å². The molecule has 0 saturated carbocycles. The van der Waals surface area contributed by atoms with Gasteiger partial charge in [0.05, 0.1) is 18.3 Å². The molecule has 0 saturated heterocycles. The fourth-order valence-corrected chi connectivity index (χ4v) is 4.02. The summed E-state index contributed by atoms with van der Waals surface area (Å²) in [5.41, 5.74) is 2.07. The number of carbonyl (C=O) groups is 2. The van der Waals surface area contributed by atoms with E-state index >= 15 is 0 Å². The molecule has 32 heavy (non-hydrogen) atoms. The standard InChI is InChI=1S/C27H32O5/c1-6-31-24(28)21-12-9-19(10-13-21)7-8-20-11-14-22-23(17-20)27(30,16-15-26(22,4)5)25(29)32-18(2)3/h7-14,17-18,30H,6,15-16H2,1-5H3/b8-7+. The Morgan fingerprint density at radius 3 is 2.25 bits per heavy atom. The van der Waals surface area contributed by atoms with Crippen LogP contribution in [-0.4, -0.2) is 29.8 Å². The molecule has 5 nitrogen and oxygen atoms in total. The van der Waals surface area contributed by atoms with Gasteiger partial charge in [-0.1, -0.05) is 50.3 Å². The second-order valence-electron chi connectivity index (χ2n) is 9.18. The minimum Gasteiger partial charge on any atom is -0.462 e. The van der Waals surface area contributed by atoms with E-state index in [-0.39, 0.29) is 17.5 Å². The molecule has 1 atom stereocenters. The molecule has 170 valence electrons. The average Bonchev–Trinajstić information content (AvgIpc) is 2.75. The van der Waals surface area contributed by atoms with Gasteiger partial charge in [-0.05, 0) is 79.5 Å². The second kappa shape index (κ2) is 9.29. The Labute approximate surface area is 190 Å². The van der Waals surface area contributed by atoms with Crippen molar-refractivity contribution < 1.29 is 24.2 Å². The molecule has 2 aromatic carbocycles. The topological polar surface area (TPSA) is 72.8 Å². The number of aliphatic hydroxyl groups is 1. The Morgan fingerprint density at radius 1 is 1.00 bits per heavy atom. The van der Waals surface area contributed by atoms with Gasteiger partial charge in [0, 0.05) is 0 Å². The van der Waals surface area contributed by atoms with E-state index in [9.17, 15) is 14.7 Å². The van der Waals surface area contributed by atoms with Gasteiger partial charge < -0.3 is 14.6 Å². The smallest absolute Gasteiger partial charge is 0.343 e. The molecule has 0 amide bonds. The summed E-state index contributed by atoms with van der Waals surface area (Å²) >= 11 is 0. The molecule has 1 unspecified atom stereocenters. The van der Waals surface area contributed by atoms with Gasteiger partial charge in [-0.15, -0.1) is 0 Å². The van der Waals surface area contributed by atoms with Crippen LogP contribution in [0.1, 0.15) is 80.1 Å². The maximum Gasteiger partial charge on any atom is 0.343 e. The lowest BCUT2D eigenvalue weighted by Crippen LogP contribution is -2.45. The van der Waals surface area contributed by atoms with Crippen LogP contribution in [0.2, 0.25) is 0 Å². The molecule has 0 fully saturated rings. The maximum atomic E-state index is 12.8. The Hall–Kier alpha value is -2.92. The number of hydrogen-bond donors (Lipinski definition) is 1. The van der Waals surface area contributed by atoms with Crippen molar-refractivity contribution in [2.75, 3.05) is 6.61 Å². The Balaban J connectivity index is 1.91. The quantitative estimate of drug-likeness (QED) is 0.495. The summed E-state index contributed by atoms with van der Waals surface area (Å²) in [5.74, 6) is -0.937. The SMILES string of the molecule is CCOC(=O)c1ccc(/C=C/c2ccc3c(c2)C(O)(C(=O)OC(C)C)CCC3(C)C)cc1. The average molecular weight is 437 g/mol. The van der Waals surface area contributed by atoms with E-state index < -0.39 is 11.6 Å². The van der Waals surface area contributed by atoms with Crippen molar-refractivity contribution >= 4 is 24.1 Å². The molecule has 2 aromatic rings. The number of benzene rings is 2. The molecule has 1 aliphatic rings. The zero-order valence-electron chi connectivity index (χ0n) is 19.5. The van der Waals surface area contributed by atoms with Crippen molar-refractivity contribution in [1.29, 1.82) is 0 Å². The van der Waals surface area contributed by atoms with Crippen LogP contribution in [0.5, 0.6) is 0 Å². The van der Waals surface area contributed by atoms with Gasteiger partial charge in [0.1, 0.15) is 0 Å². The van der Waals surface area contributed by atoms with Crippen LogP contribution < -0.4 is 0 Å². The zero-order valence-corrected chi connectivity index (χ0v) is 19.5. The molecule has 3 rings (SSSR count). The molecule has 5 heteroatoms. The Kier molecular flexibility index (Phi) is 6.89. The minimum atomic E-state index is -1.65. The minimum absolute atomic E-state index is 0.148. The van der Waals surface area contributed by atoms with E-state index in [1.807, 2.05) is 42.5 Å². The third-order valence-corrected chi connectivity index (χ3v) is 5.90. The van der Waals surface area contributed by atoms with Crippen molar-refractivity contribution in [2.45, 2.75) is 64.6 Å². The molecule has 1 aliphatic carbocycles. The predicted molar refractivity (Wildman–Crippen MR) is 125 cm³/mol. The summed E-state index contributed by atoms with van der Waals surface area (Å²) in [6.07, 6.45) is 4.56. The summed E-state index contributed by atoms with van der Waals surface area (Å²) in [6, 6.07) is 13.0. The van der Waals surface area contributed by atoms with E-state index in [0.717, 1.165) is 16.7 Å². The van der Waals surface area contributed by atoms with Crippen LogP contribution in [0.25, 0.3) is 12.2 Å². The van der Waals surface area contributed by atoms with Crippen LogP contribution in [0.15, 0.2) is 42.5 Å². The fourth-order valence-electron chi connectivity index (χ4n) is 4.02. The monoisotopic (exact) mass is 436 g/mol. The molecule has 1 N–H and O–H groups in total. The van der Waals surface area contributed by atoms with Crippen LogP contribution in [0.4, 0.5) is 0 Å². The van der Waals surface area contributed by atoms with Gasteiger partial charge in [0.15, 0.2) is 5.60 Å². The van der Waals surface area contributed by atoms with Crippen molar-refractivity contribution in [3.63, 3.8) is 0 Å². The van der Waals surface area contributed by atoms with Gasteiger partial charge in [-0.3, -0.25) is 0 Å². The third-order valence-electron chi connectivity index (χ3n) is 5.90. The van der Waals surface area contributed by atoms with Gasteiger partial charge in [0.2, 0.25) is 0 Å². The van der Waals surface area contributed by atoms with E-state index in [2.05, 4.69) is 13.8 Å². The fraction of sp³-hybridized carbons (Fsp3) is 0.407. The zero-order chi connectivity index (χ0) is 23.5. The first-order valence-electron chi connectivity index (χ1n) is 11.1. The van der Waals surface area contributed by atoms with Gasteiger partial charge >= 0.3 is 11.9 Å². The van der Waals surface area contributed by atoms with Gasteiger partial charge in [-0.25, -0.2) is 9.59 Å². The molecule has 0 radical (unpaired) electrons. The van der Waals surface area contributed by atoms with Gasteiger partial charge in [-0.2, -0.15) is 0 Å². The largest absolute Gasteiger partial charge is 0.462 e. The normalized spacial score (nSPS) is 19.6. The molecule has 0 bridgehead atoms. The number of carbonyl (C=O) groups excluding carboxylic acids is 2. The highest BCUT2D eigenvalue weighted by atomic mass is 16.6. The summed E-state index contributed by atoms with van der Waals surface area (Å²) < 4.78 is 10.4. The summed E-state index contributed by atoms with van der Waals surface area (Å²) in [7, 11) is 0. The van der Waals surface area contributed by atoms with Crippen LogP contribution in [0.3, 0.4) is 0 Å². The van der Waals surface area contributed by atoms with Crippen LogP contribution in [-0.2, 0) is 25.3 Å². The third kappa shape index (κ3) is 4.94. The Morgan fingerprint density at radius 2 is 1.62 bits per heavy atom. The van der Waals surface area contributed by atoms with Crippen LogP contribution >= 0.6 is 0 Å². The second-order valence-corrected chi connectivity index (χ2v) is 9.18. The van der Waals surface area contributed by atoms with Crippen molar-refractivity contribution in [1.82, 2.24) is 0 Å². The summed E-state index contributed by atoms with van der Waals surface area (Å²) in [4.78, 5) is 24.6. The lowest BCUT2D eigenvalue weighted by molar-refractivity contribution is -0.173. The predicted octanol–water partition coefficient (Wildman–Crippen LogP) is 5.24. The molecule has 0 aliphatic heterocycles. The first-order chi connectivity index (χ1) is 15.1. The number of fused-ring (bicyclic) bond motifs is 1. The van der Waals surface area contributed by atoms with E-state index in [1.165, 1.54) is 0 Å². The highest BCUT2D eigenvalue weighted by Gasteiger charge is 2.48. The highest BCUT2D eigenvalue weighted by Crippen LogP contribution is 2.46. The maximum absolute atomic E-state index is 12.8. The molecule has 0 aromatic heterocycles. The lowest BCUT2D eigenvalue weighted by atomic mass is 9.66. The molecular formula is C27H32O5. The van der Waals surface area contributed by atoms with E-state index in [0.29, 0.717) is 30.6 Å². The van der Waals surface area contributed by atoms with Crippen molar-refractivity contribution in [2.24, 2.45) is 0 Å². The molecule has 0 heterocycles. The van der Waals surface area contributed by atoms with Gasteiger partial charge in [0.25, 0.3) is 0 Å². The van der Waals surface area contributed by atoms with E-state index in [1.54, 1.807) is 32.9 Å². The number of hydrogen-bond acceptors (Lipinski definition) is 5. The van der Waals surface area contributed by atoms with Crippen molar-refractivity contribution in [3.8, 4) is 0 Å². The summed E-state index contributed by atoms with van der Waals surface area (Å²) in [6.45, 7) is 9.92. The highest BCUT2D eigenvalue weighted by molar-refractivity contribution is 5.89. The first-order valence-corrected chi connectivity index (χ1v) is 11.1. The number of rotatable bonds is 6. The molecule has 0 spiro atoms. The van der Waals surface area contributed by atoms with Crippen molar-refractivity contribution in [3.05, 3.63) is 70.3 Å². The molecular weight excluding hydrogens is 404 g/mol. The van der Waals surface area contributed by atoms with E-state index in [4.69, 9.17) is 9.47 Å². The number of esters is 2.